The highest BCUT2D eigenvalue weighted by Crippen LogP contribution is 2.17. The molecule has 7 nitrogen and oxygen atoms in total. The van der Waals surface area contributed by atoms with Gasteiger partial charge < -0.3 is 10.1 Å². The first-order valence-electron chi connectivity index (χ1n) is 7.33. The molecule has 0 aliphatic heterocycles. The maximum Gasteiger partial charge on any atom is 0.338 e. The number of primary sulfonamides is 1. The Hall–Kier alpha value is -2.23. The summed E-state index contributed by atoms with van der Waals surface area (Å²) in [5, 5.41) is 9.68. The van der Waals surface area contributed by atoms with Gasteiger partial charge in [-0.05, 0) is 43.0 Å². The summed E-state index contributed by atoms with van der Waals surface area (Å²) >= 11 is 1.50. The van der Waals surface area contributed by atoms with E-state index < -0.39 is 28.0 Å². The number of nitrogens with one attached hydrogen (secondary N) is 1. The molecule has 1 aromatic heterocycles. The Bertz CT molecular complexity index is 876. The number of sulfonamides is 1. The van der Waals surface area contributed by atoms with Gasteiger partial charge in [0.1, 0.15) is 0 Å². The fourth-order valence-corrected chi connectivity index (χ4v) is 3.50. The van der Waals surface area contributed by atoms with Crippen molar-refractivity contribution in [1.29, 1.82) is 0 Å². The van der Waals surface area contributed by atoms with Crippen LogP contribution in [-0.2, 0) is 26.1 Å². The van der Waals surface area contributed by atoms with Gasteiger partial charge in [-0.3, -0.25) is 4.79 Å². The van der Waals surface area contributed by atoms with Crippen LogP contribution in [0.2, 0.25) is 0 Å². The van der Waals surface area contributed by atoms with Crippen LogP contribution in [0.3, 0.4) is 0 Å². The standard InChI is InChI=1S/C16H18N2O5S2/c1-10-5-6-12(8-14(10)25(17,21)22)16(20)23-11(2)15(19)18-9-13-4-3-7-24-13/h3-8,11H,9H2,1-2H3,(H,18,19)(H2,17,21,22). The van der Waals surface area contributed by atoms with Crippen molar-refractivity contribution >= 4 is 33.2 Å². The second-order valence-corrected chi connectivity index (χ2v) is 7.93. The van der Waals surface area contributed by atoms with Crippen LogP contribution in [0, 0.1) is 6.92 Å². The molecule has 0 aliphatic carbocycles. The van der Waals surface area contributed by atoms with Crippen LogP contribution in [-0.4, -0.2) is 26.4 Å². The van der Waals surface area contributed by atoms with Gasteiger partial charge >= 0.3 is 5.97 Å². The first kappa shape index (κ1) is 19.1. The number of ether oxygens (including phenoxy) is 1. The minimum absolute atomic E-state index is 0.00697. The summed E-state index contributed by atoms with van der Waals surface area (Å²) < 4.78 is 28.1. The second kappa shape index (κ2) is 7.77. The van der Waals surface area contributed by atoms with Gasteiger partial charge in [-0.15, -0.1) is 11.3 Å². The molecule has 0 saturated carbocycles. The number of benzene rings is 1. The van der Waals surface area contributed by atoms with E-state index in [2.05, 4.69) is 5.32 Å². The van der Waals surface area contributed by atoms with Crippen molar-refractivity contribution < 1.29 is 22.7 Å². The number of carbonyl (C=O) groups excluding carboxylic acids is 2. The van der Waals surface area contributed by atoms with Crippen molar-refractivity contribution in [3.8, 4) is 0 Å². The summed E-state index contributed by atoms with van der Waals surface area (Å²) in [7, 11) is -3.95. The van der Waals surface area contributed by atoms with Gasteiger partial charge in [0.05, 0.1) is 17.0 Å². The van der Waals surface area contributed by atoms with Gasteiger partial charge in [0, 0.05) is 4.88 Å². The largest absolute Gasteiger partial charge is 0.449 e. The van der Waals surface area contributed by atoms with Gasteiger partial charge in [-0.1, -0.05) is 12.1 Å². The molecule has 0 bridgehead atoms. The Balaban J connectivity index is 2.02. The molecule has 0 aliphatic rings. The predicted octanol–water partition coefficient (Wildman–Crippen LogP) is 1.57. The van der Waals surface area contributed by atoms with Crippen LogP contribution in [0.25, 0.3) is 0 Å². The van der Waals surface area contributed by atoms with E-state index in [1.54, 1.807) is 6.92 Å². The number of rotatable bonds is 6. The third kappa shape index (κ3) is 5.12. The Morgan fingerprint density at radius 2 is 2.04 bits per heavy atom. The molecule has 3 N–H and O–H groups in total. The summed E-state index contributed by atoms with van der Waals surface area (Å²) in [5.41, 5.74) is 0.424. The SMILES string of the molecule is Cc1ccc(C(=O)OC(C)C(=O)NCc2cccs2)cc1S(N)(=O)=O. The molecule has 1 amide bonds. The molecule has 0 saturated heterocycles. The van der Waals surface area contributed by atoms with E-state index in [1.807, 2.05) is 17.5 Å². The minimum Gasteiger partial charge on any atom is -0.449 e. The zero-order valence-corrected chi connectivity index (χ0v) is 15.3. The van der Waals surface area contributed by atoms with E-state index >= 15 is 0 Å². The zero-order chi connectivity index (χ0) is 18.6. The lowest BCUT2D eigenvalue weighted by molar-refractivity contribution is -0.129. The highest BCUT2D eigenvalue weighted by Gasteiger charge is 2.21. The van der Waals surface area contributed by atoms with Gasteiger partial charge in [0.15, 0.2) is 6.10 Å². The summed E-state index contributed by atoms with van der Waals surface area (Å²) in [5.74, 6) is -1.25. The topological polar surface area (TPSA) is 116 Å². The number of hydrogen-bond donors (Lipinski definition) is 2. The first-order chi connectivity index (χ1) is 11.7. The third-order valence-corrected chi connectivity index (χ3v) is 5.33. The molecule has 0 spiro atoms. The maximum atomic E-state index is 12.1. The number of carbonyl (C=O) groups is 2. The smallest absolute Gasteiger partial charge is 0.338 e. The summed E-state index contributed by atoms with van der Waals surface area (Å²) in [6, 6.07) is 7.77. The van der Waals surface area contributed by atoms with E-state index in [1.165, 1.54) is 30.4 Å². The Kier molecular flexibility index (Phi) is 5.93. The molecule has 0 fully saturated rings. The zero-order valence-electron chi connectivity index (χ0n) is 13.7. The Morgan fingerprint density at radius 3 is 2.64 bits per heavy atom. The Labute approximate surface area is 149 Å². The molecule has 1 unspecified atom stereocenters. The van der Waals surface area contributed by atoms with Crippen molar-refractivity contribution in [2.45, 2.75) is 31.4 Å². The molecule has 134 valence electrons. The highest BCUT2D eigenvalue weighted by atomic mass is 32.2. The van der Waals surface area contributed by atoms with Crippen molar-refractivity contribution in [3.05, 3.63) is 51.7 Å². The van der Waals surface area contributed by atoms with Gasteiger partial charge in [0.25, 0.3) is 5.91 Å². The molecule has 1 heterocycles. The van der Waals surface area contributed by atoms with E-state index in [0.29, 0.717) is 12.1 Å². The van der Waals surface area contributed by atoms with Gasteiger partial charge in [-0.25, -0.2) is 18.4 Å². The molecule has 25 heavy (non-hydrogen) atoms. The molecule has 1 aromatic carbocycles. The number of aryl methyl sites for hydroxylation is 1. The quantitative estimate of drug-likeness (QED) is 0.736. The molecule has 2 aromatic rings. The van der Waals surface area contributed by atoms with Crippen LogP contribution in [0.5, 0.6) is 0 Å². The third-order valence-electron chi connectivity index (χ3n) is 3.40. The van der Waals surface area contributed by atoms with Crippen molar-refractivity contribution in [3.63, 3.8) is 0 Å². The van der Waals surface area contributed by atoms with E-state index in [0.717, 1.165) is 10.9 Å². The molecular formula is C16H18N2O5S2. The lowest BCUT2D eigenvalue weighted by Crippen LogP contribution is -2.35. The fraction of sp³-hybridized carbons (Fsp3) is 0.250. The highest BCUT2D eigenvalue weighted by molar-refractivity contribution is 7.89. The Morgan fingerprint density at radius 1 is 1.32 bits per heavy atom. The second-order valence-electron chi connectivity index (χ2n) is 5.37. The number of hydrogen-bond acceptors (Lipinski definition) is 6. The average Bonchev–Trinajstić information content (AvgIpc) is 3.05. The van der Waals surface area contributed by atoms with Crippen LogP contribution >= 0.6 is 11.3 Å². The lowest BCUT2D eigenvalue weighted by atomic mass is 10.1. The molecule has 2 rings (SSSR count). The summed E-state index contributed by atoms with van der Waals surface area (Å²) in [6.07, 6.45) is -1.02. The summed E-state index contributed by atoms with van der Waals surface area (Å²) in [6.45, 7) is 3.35. The van der Waals surface area contributed by atoms with Crippen molar-refractivity contribution in [2.75, 3.05) is 0 Å². The molecular weight excluding hydrogens is 364 g/mol. The fourth-order valence-electron chi connectivity index (χ4n) is 2.05. The summed E-state index contributed by atoms with van der Waals surface area (Å²) in [4.78, 5) is 25.0. The number of esters is 1. The van der Waals surface area contributed by atoms with E-state index in [9.17, 15) is 18.0 Å². The number of thiophene rings is 1. The van der Waals surface area contributed by atoms with Crippen molar-refractivity contribution in [2.24, 2.45) is 5.14 Å². The van der Waals surface area contributed by atoms with Gasteiger partial charge in [-0.2, -0.15) is 0 Å². The van der Waals surface area contributed by atoms with Crippen molar-refractivity contribution in [1.82, 2.24) is 5.32 Å². The molecule has 1 atom stereocenters. The first-order valence-corrected chi connectivity index (χ1v) is 9.75. The van der Waals surface area contributed by atoms with Crippen LogP contribution in [0.4, 0.5) is 0 Å². The number of nitrogens with two attached hydrogens (primary N) is 1. The predicted molar refractivity (Wildman–Crippen MR) is 93.6 cm³/mol. The van der Waals surface area contributed by atoms with Crippen LogP contribution in [0.1, 0.15) is 27.7 Å². The average molecular weight is 382 g/mol. The maximum absolute atomic E-state index is 12.1. The van der Waals surface area contributed by atoms with Crippen LogP contribution < -0.4 is 10.5 Å². The van der Waals surface area contributed by atoms with Crippen LogP contribution in [0.15, 0.2) is 40.6 Å². The lowest BCUT2D eigenvalue weighted by Gasteiger charge is -2.14. The monoisotopic (exact) mass is 382 g/mol. The molecule has 9 heteroatoms. The van der Waals surface area contributed by atoms with E-state index in [-0.39, 0.29) is 10.5 Å². The minimum atomic E-state index is -3.95. The normalized spacial score (nSPS) is 12.4. The van der Waals surface area contributed by atoms with Gasteiger partial charge in [0.2, 0.25) is 10.0 Å². The van der Waals surface area contributed by atoms with E-state index in [4.69, 9.17) is 9.88 Å². The molecule has 0 radical (unpaired) electrons. The number of amides is 1.